The second-order valence-electron chi connectivity index (χ2n) is 7.68. The van der Waals surface area contributed by atoms with Crippen LogP contribution in [0.15, 0.2) is 36.2 Å². The van der Waals surface area contributed by atoms with E-state index < -0.39 is 8.32 Å². The normalized spacial score (nSPS) is 25.1. The molecule has 120 valence electrons. The minimum atomic E-state index is -1.83. The summed E-state index contributed by atoms with van der Waals surface area (Å²) in [6, 6.07) is 6.06. The van der Waals surface area contributed by atoms with Gasteiger partial charge in [0.25, 0.3) is 0 Å². The zero-order chi connectivity index (χ0) is 16.0. The molecule has 1 aromatic rings. The van der Waals surface area contributed by atoms with Crippen molar-refractivity contribution < 1.29 is 9.26 Å². The van der Waals surface area contributed by atoms with Gasteiger partial charge in [0, 0.05) is 6.20 Å². The van der Waals surface area contributed by atoms with E-state index in [2.05, 4.69) is 44.9 Å². The van der Waals surface area contributed by atoms with E-state index in [1.54, 1.807) is 6.20 Å². The van der Waals surface area contributed by atoms with Gasteiger partial charge in [-0.1, -0.05) is 26.8 Å². The highest BCUT2D eigenvalue weighted by Crippen LogP contribution is 2.42. The number of anilines is 1. The highest BCUT2D eigenvalue weighted by Gasteiger charge is 2.44. The molecule has 3 aliphatic rings. The first-order valence-corrected chi connectivity index (χ1v) is 11.0. The van der Waals surface area contributed by atoms with Crippen molar-refractivity contribution in [3.8, 4) is 0 Å². The molecule has 2 atom stereocenters. The zero-order valence-electron chi connectivity index (χ0n) is 14.2. The molecule has 0 amide bonds. The van der Waals surface area contributed by atoms with Gasteiger partial charge < -0.3 is 4.43 Å². The molecular weight excluding hydrogens is 292 g/mol. The number of aromatic nitrogens is 1. The van der Waals surface area contributed by atoms with E-state index in [9.17, 15) is 0 Å². The maximum atomic E-state index is 6.58. The standard InChI is InChI=1S/C17H26N2O2Si/c1-17(2,3)22(4,5)21-15-12-13-9-10-14(15)19(20-13)16-8-6-7-11-18-16/h6-8,11-14H,9-10H2,1-5H3/t13-,14+/m0/s1. The van der Waals surface area contributed by atoms with Crippen LogP contribution in [0.25, 0.3) is 0 Å². The Balaban J connectivity index is 1.85. The topological polar surface area (TPSA) is 34.6 Å². The van der Waals surface area contributed by atoms with Crippen molar-refractivity contribution in [2.24, 2.45) is 0 Å². The Morgan fingerprint density at radius 3 is 2.64 bits per heavy atom. The molecule has 22 heavy (non-hydrogen) atoms. The van der Waals surface area contributed by atoms with Crippen molar-refractivity contribution in [1.82, 2.24) is 4.98 Å². The van der Waals surface area contributed by atoms with Gasteiger partial charge in [-0.15, -0.1) is 0 Å². The molecule has 5 heteroatoms. The molecule has 0 aromatic carbocycles. The van der Waals surface area contributed by atoms with E-state index >= 15 is 0 Å². The van der Waals surface area contributed by atoms with E-state index in [0.29, 0.717) is 0 Å². The molecule has 0 N–H and O–H groups in total. The largest absolute Gasteiger partial charge is 0.545 e. The summed E-state index contributed by atoms with van der Waals surface area (Å²) in [6.07, 6.45) is 6.19. The second-order valence-corrected chi connectivity index (χ2v) is 12.4. The number of pyridine rings is 1. The highest BCUT2D eigenvalue weighted by atomic mass is 28.4. The van der Waals surface area contributed by atoms with Crippen molar-refractivity contribution in [2.75, 3.05) is 5.06 Å². The quantitative estimate of drug-likeness (QED) is 0.780. The SMILES string of the molecule is CC(C)(C)[Si](C)(C)OC1=C[C@@H]2CC[C@H]1N(c1ccccn1)O2. The second kappa shape index (κ2) is 5.39. The average molecular weight is 318 g/mol. The van der Waals surface area contributed by atoms with Crippen molar-refractivity contribution in [1.29, 1.82) is 0 Å². The zero-order valence-corrected chi connectivity index (χ0v) is 15.2. The predicted molar refractivity (Wildman–Crippen MR) is 91.0 cm³/mol. The third-order valence-electron chi connectivity index (χ3n) is 4.99. The molecule has 2 aliphatic heterocycles. The average Bonchev–Trinajstić information content (AvgIpc) is 2.47. The van der Waals surface area contributed by atoms with Crippen molar-refractivity contribution >= 4 is 14.1 Å². The summed E-state index contributed by atoms with van der Waals surface area (Å²) in [5.74, 6) is 1.95. The summed E-state index contributed by atoms with van der Waals surface area (Å²) >= 11 is 0. The van der Waals surface area contributed by atoms with Crippen LogP contribution in [0.1, 0.15) is 33.6 Å². The highest BCUT2D eigenvalue weighted by molar-refractivity contribution is 6.74. The van der Waals surface area contributed by atoms with E-state index in [-0.39, 0.29) is 17.2 Å². The predicted octanol–water partition coefficient (Wildman–Crippen LogP) is 4.27. The van der Waals surface area contributed by atoms with Crippen LogP contribution in [0.5, 0.6) is 0 Å². The van der Waals surface area contributed by atoms with Crippen LogP contribution in [0, 0.1) is 0 Å². The fourth-order valence-electron chi connectivity index (χ4n) is 2.62. The summed E-state index contributed by atoms with van der Waals surface area (Å²) in [7, 11) is -1.83. The van der Waals surface area contributed by atoms with Gasteiger partial charge in [0.05, 0.1) is 0 Å². The number of nitrogens with zero attached hydrogens (tertiary/aromatic N) is 2. The van der Waals surface area contributed by atoms with Gasteiger partial charge >= 0.3 is 0 Å². The van der Waals surface area contributed by atoms with Gasteiger partial charge in [-0.3, -0.25) is 4.84 Å². The molecule has 1 aromatic heterocycles. The molecule has 1 saturated heterocycles. The Morgan fingerprint density at radius 2 is 2.05 bits per heavy atom. The summed E-state index contributed by atoms with van der Waals surface area (Å²) in [5.41, 5.74) is 0. The van der Waals surface area contributed by atoms with E-state index in [0.717, 1.165) is 24.4 Å². The van der Waals surface area contributed by atoms with Crippen LogP contribution in [-0.4, -0.2) is 25.4 Å². The van der Waals surface area contributed by atoms with Crippen LogP contribution in [0.3, 0.4) is 0 Å². The number of hydroxylamine groups is 1. The molecule has 0 radical (unpaired) electrons. The Morgan fingerprint density at radius 1 is 1.27 bits per heavy atom. The minimum Gasteiger partial charge on any atom is -0.545 e. The first kappa shape index (κ1) is 15.6. The monoisotopic (exact) mass is 318 g/mol. The molecule has 0 spiro atoms. The molecule has 2 bridgehead atoms. The fraction of sp³-hybridized carbons (Fsp3) is 0.588. The van der Waals surface area contributed by atoms with Crippen molar-refractivity contribution in [2.45, 2.75) is 63.9 Å². The Kier molecular flexibility index (Phi) is 3.81. The van der Waals surface area contributed by atoms with Gasteiger partial charge in [-0.2, -0.15) is 0 Å². The lowest BCUT2D eigenvalue weighted by molar-refractivity contribution is -0.0146. The summed E-state index contributed by atoms with van der Waals surface area (Å²) < 4.78 is 6.58. The molecule has 1 aliphatic carbocycles. The Hall–Kier alpha value is -1.33. The number of hydrogen-bond donors (Lipinski definition) is 0. The molecule has 0 unspecified atom stereocenters. The molecule has 3 heterocycles. The van der Waals surface area contributed by atoms with Gasteiger partial charge in [-0.25, -0.2) is 10.0 Å². The van der Waals surface area contributed by atoms with E-state index in [4.69, 9.17) is 9.26 Å². The lowest BCUT2D eigenvalue weighted by Crippen LogP contribution is -2.52. The van der Waals surface area contributed by atoms with Crippen molar-refractivity contribution in [3.63, 3.8) is 0 Å². The van der Waals surface area contributed by atoms with Gasteiger partial charge in [0.2, 0.25) is 8.32 Å². The van der Waals surface area contributed by atoms with Crippen molar-refractivity contribution in [3.05, 3.63) is 36.2 Å². The first-order valence-electron chi connectivity index (χ1n) is 8.06. The number of hydrogen-bond acceptors (Lipinski definition) is 4. The molecule has 4 nitrogen and oxygen atoms in total. The number of fused-ring (bicyclic) bond motifs is 2. The summed E-state index contributed by atoms with van der Waals surface area (Å²) in [5, 5.41) is 2.14. The Bertz CT molecular complexity index is 566. The van der Waals surface area contributed by atoms with Gasteiger partial charge in [0.15, 0.2) is 5.82 Å². The summed E-state index contributed by atoms with van der Waals surface area (Å²) in [4.78, 5) is 10.5. The van der Waals surface area contributed by atoms with E-state index in [1.165, 1.54) is 0 Å². The van der Waals surface area contributed by atoms with Gasteiger partial charge in [0.1, 0.15) is 17.9 Å². The smallest absolute Gasteiger partial charge is 0.250 e. The summed E-state index contributed by atoms with van der Waals surface area (Å²) in [6.45, 7) is 11.4. The maximum absolute atomic E-state index is 6.58. The van der Waals surface area contributed by atoms with Crippen LogP contribution >= 0.6 is 0 Å². The molecule has 4 rings (SSSR count). The fourth-order valence-corrected chi connectivity index (χ4v) is 3.72. The molecule has 1 fully saturated rings. The van der Waals surface area contributed by atoms with Crippen LogP contribution in [0.4, 0.5) is 5.82 Å². The third-order valence-corrected chi connectivity index (χ3v) is 9.35. The van der Waals surface area contributed by atoms with Crippen LogP contribution in [-0.2, 0) is 9.26 Å². The maximum Gasteiger partial charge on any atom is 0.250 e. The van der Waals surface area contributed by atoms with E-state index in [1.807, 2.05) is 23.3 Å². The first-order chi connectivity index (χ1) is 10.3. The van der Waals surface area contributed by atoms with Crippen LogP contribution in [0.2, 0.25) is 18.1 Å². The minimum absolute atomic E-state index is 0.103. The third kappa shape index (κ3) is 2.79. The lowest BCUT2D eigenvalue weighted by atomic mass is 9.96. The number of rotatable bonds is 3. The molecular formula is C17H26N2O2Si. The Labute approximate surface area is 134 Å². The lowest BCUT2D eigenvalue weighted by Gasteiger charge is -2.47. The van der Waals surface area contributed by atoms with Gasteiger partial charge in [-0.05, 0) is 49.2 Å². The molecule has 0 saturated carbocycles. The van der Waals surface area contributed by atoms with Crippen LogP contribution < -0.4 is 5.06 Å².